The van der Waals surface area contributed by atoms with Crippen molar-refractivity contribution >= 4 is 0 Å². The van der Waals surface area contributed by atoms with Crippen LogP contribution in [0.1, 0.15) is 6.42 Å². The molecule has 1 aliphatic rings. The molecule has 9 heavy (non-hydrogen) atoms. The Labute approximate surface area is 51.0 Å². The fraction of sp³-hybridized carbons (Fsp3) is 1.00. The molecule has 0 heterocycles. The highest BCUT2D eigenvalue weighted by Crippen LogP contribution is 2.49. The molecule has 2 N–H and O–H groups in total. The van der Waals surface area contributed by atoms with Crippen LogP contribution in [0.2, 0.25) is 0 Å². The van der Waals surface area contributed by atoms with Gasteiger partial charge in [0, 0.05) is 0 Å². The van der Waals surface area contributed by atoms with Crippen molar-refractivity contribution in [2.24, 2.45) is 17.6 Å². The van der Waals surface area contributed by atoms with Crippen molar-refractivity contribution in [2.45, 2.75) is 12.6 Å². The van der Waals surface area contributed by atoms with Crippen molar-refractivity contribution in [3.05, 3.63) is 0 Å². The Bertz CT molecular complexity index is 109. The molecular weight excluding hydrogens is 131 g/mol. The lowest BCUT2D eigenvalue weighted by Gasteiger charge is -2.02. The third-order valence-electron chi connectivity index (χ3n) is 1.65. The molecule has 1 fully saturated rings. The van der Waals surface area contributed by atoms with E-state index >= 15 is 0 Å². The Hall–Kier alpha value is -0.250. The average Bonchev–Trinajstić information content (AvgIpc) is 2.39. The minimum Gasteiger partial charge on any atom is -0.330 e. The summed E-state index contributed by atoms with van der Waals surface area (Å²) < 4.78 is 34.9. The maximum atomic E-state index is 11.6. The second-order valence-corrected chi connectivity index (χ2v) is 2.38. The highest BCUT2D eigenvalue weighted by Gasteiger charge is 2.54. The van der Waals surface area contributed by atoms with E-state index in [2.05, 4.69) is 0 Å². The van der Waals surface area contributed by atoms with Crippen LogP contribution in [-0.2, 0) is 0 Å². The van der Waals surface area contributed by atoms with E-state index in [1.807, 2.05) is 0 Å². The van der Waals surface area contributed by atoms with Crippen LogP contribution < -0.4 is 5.73 Å². The number of rotatable bonds is 1. The predicted molar refractivity (Wildman–Crippen MR) is 26.7 cm³/mol. The van der Waals surface area contributed by atoms with Crippen molar-refractivity contribution < 1.29 is 13.2 Å². The zero-order valence-corrected chi connectivity index (χ0v) is 4.78. The second-order valence-electron chi connectivity index (χ2n) is 2.38. The van der Waals surface area contributed by atoms with Gasteiger partial charge in [0.25, 0.3) is 0 Å². The Morgan fingerprint density at radius 3 is 2.11 bits per heavy atom. The Kier molecular flexibility index (Phi) is 1.42. The average molecular weight is 139 g/mol. The van der Waals surface area contributed by atoms with Crippen LogP contribution >= 0.6 is 0 Å². The lowest BCUT2D eigenvalue weighted by molar-refractivity contribution is -0.150. The zero-order valence-electron chi connectivity index (χ0n) is 4.78. The molecule has 0 bridgehead atoms. The SMILES string of the molecule is NCC1CC1C(F)(F)F. The molecule has 2 unspecified atom stereocenters. The van der Waals surface area contributed by atoms with Crippen molar-refractivity contribution in [2.75, 3.05) is 6.54 Å². The molecular formula is C5H8F3N. The molecule has 0 aromatic heterocycles. The molecule has 1 saturated carbocycles. The molecule has 0 radical (unpaired) electrons. The van der Waals surface area contributed by atoms with Crippen molar-refractivity contribution in [1.82, 2.24) is 0 Å². The van der Waals surface area contributed by atoms with Gasteiger partial charge in [-0.15, -0.1) is 0 Å². The van der Waals surface area contributed by atoms with Gasteiger partial charge in [-0.05, 0) is 18.9 Å². The summed E-state index contributed by atoms with van der Waals surface area (Å²) in [7, 11) is 0. The van der Waals surface area contributed by atoms with Gasteiger partial charge in [-0.25, -0.2) is 0 Å². The third kappa shape index (κ3) is 1.36. The van der Waals surface area contributed by atoms with E-state index in [4.69, 9.17) is 5.73 Å². The molecule has 2 atom stereocenters. The first-order chi connectivity index (χ1) is 4.05. The molecule has 0 aromatic rings. The fourth-order valence-electron chi connectivity index (χ4n) is 0.909. The largest absolute Gasteiger partial charge is 0.392 e. The number of hydrogen-bond acceptors (Lipinski definition) is 1. The van der Waals surface area contributed by atoms with Gasteiger partial charge in [0.05, 0.1) is 5.92 Å². The van der Waals surface area contributed by atoms with E-state index in [0.717, 1.165) is 0 Å². The van der Waals surface area contributed by atoms with Gasteiger partial charge in [-0.1, -0.05) is 0 Å². The van der Waals surface area contributed by atoms with E-state index in [1.54, 1.807) is 0 Å². The first-order valence-corrected chi connectivity index (χ1v) is 2.82. The van der Waals surface area contributed by atoms with E-state index in [9.17, 15) is 13.2 Å². The second kappa shape index (κ2) is 1.87. The lowest BCUT2D eigenvalue weighted by atomic mass is 10.3. The highest BCUT2D eigenvalue weighted by atomic mass is 19.4. The van der Waals surface area contributed by atoms with Gasteiger partial charge in [0.2, 0.25) is 0 Å². The highest BCUT2D eigenvalue weighted by molar-refractivity contribution is 4.91. The first-order valence-electron chi connectivity index (χ1n) is 2.82. The van der Waals surface area contributed by atoms with Crippen LogP contribution in [0.3, 0.4) is 0 Å². The first kappa shape index (κ1) is 6.86. The number of alkyl halides is 3. The molecule has 1 nitrogen and oxygen atoms in total. The molecule has 0 aromatic carbocycles. The normalized spacial score (nSPS) is 34.7. The quantitative estimate of drug-likeness (QED) is 0.579. The molecule has 4 heteroatoms. The minimum absolute atomic E-state index is 0.171. The summed E-state index contributed by atoms with van der Waals surface area (Å²) in [5.74, 6) is -1.38. The Morgan fingerprint density at radius 2 is 2.00 bits per heavy atom. The molecule has 0 aliphatic heterocycles. The molecule has 0 amide bonds. The molecule has 0 spiro atoms. The van der Waals surface area contributed by atoms with Crippen LogP contribution in [-0.4, -0.2) is 12.7 Å². The molecule has 54 valence electrons. The van der Waals surface area contributed by atoms with Crippen LogP contribution in [0.5, 0.6) is 0 Å². The number of hydrogen-bond donors (Lipinski definition) is 1. The Morgan fingerprint density at radius 1 is 1.44 bits per heavy atom. The lowest BCUT2D eigenvalue weighted by Crippen LogP contribution is -2.15. The van der Waals surface area contributed by atoms with Crippen molar-refractivity contribution in [1.29, 1.82) is 0 Å². The van der Waals surface area contributed by atoms with E-state index < -0.39 is 12.1 Å². The summed E-state index contributed by atoms with van der Waals surface area (Å²) in [5, 5.41) is 0. The Balaban J connectivity index is 2.33. The van der Waals surface area contributed by atoms with Gasteiger partial charge in [0.15, 0.2) is 0 Å². The summed E-state index contributed by atoms with van der Waals surface area (Å²) in [5.41, 5.74) is 5.02. The molecule has 1 aliphatic carbocycles. The van der Waals surface area contributed by atoms with E-state index in [-0.39, 0.29) is 18.9 Å². The smallest absolute Gasteiger partial charge is 0.330 e. The molecule has 1 rings (SSSR count). The van der Waals surface area contributed by atoms with Gasteiger partial charge in [-0.3, -0.25) is 0 Å². The maximum absolute atomic E-state index is 11.6. The van der Waals surface area contributed by atoms with Crippen molar-refractivity contribution in [3.8, 4) is 0 Å². The van der Waals surface area contributed by atoms with E-state index in [0.29, 0.717) is 0 Å². The van der Waals surface area contributed by atoms with Crippen LogP contribution in [0.15, 0.2) is 0 Å². The van der Waals surface area contributed by atoms with Crippen LogP contribution in [0.25, 0.3) is 0 Å². The summed E-state index contributed by atoms with van der Waals surface area (Å²) in [4.78, 5) is 0. The summed E-state index contributed by atoms with van der Waals surface area (Å²) in [6.07, 6.45) is -3.76. The van der Waals surface area contributed by atoms with Gasteiger partial charge < -0.3 is 5.73 Å². The van der Waals surface area contributed by atoms with Crippen LogP contribution in [0.4, 0.5) is 13.2 Å². The standard InChI is InChI=1S/C5H8F3N/c6-5(7,8)4-1-3(4)2-9/h3-4H,1-2,9H2. The number of halogens is 3. The van der Waals surface area contributed by atoms with Crippen molar-refractivity contribution in [3.63, 3.8) is 0 Å². The minimum atomic E-state index is -4.00. The summed E-state index contributed by atoms with van der Waals surface area (Å²) in [6.45, 7) is 0.171. The maximum Gasteiger partial charge on any atom is 0.392 e. The third-order valence-corrected chi connectivity index (χ3v) is 1.65. The van der Waals surface area contributed by atoms with Gasteiger partial charge in [0.1, 0.15) is 0 Å². The topological polar surface area (TPSA) is 26.0 Å². The predicted octanol–water partition coefficient (Wildman–Crippen LogP) is 1.14. The zero-order chi connectivity index (χ0) is 7.07. The van der Waals surface area contributed by atoms with Crippen LogP contribution in [0, 0.1) is 11.8 Å². The monoisotopic (exact) mass is 139 g/mol. The fourth-order valence-corrected chi connectivity index (χ4v) is 0.909. The van der Waals surface area contributed by atoms with Gasteiger partial charge in [-0.2, -0.15) is 13.2 Å². The van der Waals surface area contributed by atoms with Gasteiger partial charge >= 0.3 is 6.18 Å². The molecule has 0 saturated heterocycles. The summed E-state index contributed by atoms with van der Waals surface area (Å²) in [6, 6.07) is 0. The number of nitrogens with two attached hydrogens (primary N) is 1. The summed E-state index contributed by atoms with van der Waals surface area (Å²) >= 11 is 0. The van der Waals surface area contributed by atoms with E-state index in [1.165, 1.54) is 0 Å².